The van der Waals surface area contributed by atoms with Crippen LogP contribution in [0, 0.1) is 0 Å². The van der Waals surface area contributed by atoms with Gasteiger partial charge < -0.3 is 32.1 Å². The summed E-state index contributed by atoms with van der Waals surface area (Å²) in [6.07, 6.45) is 4.85. The van der Waals surface area contributed by atoms with Crippen LogP contribution in [0.4, 0.5) is 0 Å². The Morgan fingerprint density at radius 2 is 1.63 bits per heavy atom. The van der Waals surface area contributed by atoms with E-state index < -0.39 is 0 Å². The molecular weight excluding hydrogens is 380 g/mol. The van der Waals surface area contributed by atoms with Crippen molar-refractivity contribution in [1.82, 2.24) is 14.8 Å². The van der Waals surface area contributed by atoms with Gasteiger partial charge in [0, 0.05) is 49.8 Å². The van der Waals surface area contributed by atoms with Crippen LogP contribution in [0.15, 0.2) is 66.4 Å². The minimum atomic E-state index is -0.0525. The zero-order chi connectivity index (χ0) is 22.1. The van der Waals surface area contributed by atoms with Gasteiger partial charge in [0.05, 0.1) is 11.3 Å². The number of carbonyl (C=O) groups excluding carboxylic acids is 1. The molecular formula is C22H30N6O2. The molecule has 0 atom stereocenters. The van der Waals surface area contributed by atoms with Crippen LogP contribution in [0.1, 0.15) is 29.8 Å². The number of aromatic hydroxyl groups is 1. The monoisotopic (exact) mass is 410 g/mol. The number of amides is 1. The van der Waals surface area contributed by atoms with Gasteiger partial charge in [0.25, 0.3) is 5.91 Å². The number of hydrogen-bond acceptors (Lipinski definition) is 7. The van der Waals surface area contributed by atoms with Crippen LogP contribution in [0.5, 0.6) is 5.75 Å². The van der Waals surface area contributed by atoms with Gasteiger partial charge >= 0.3 is 0 Å². The van der Waals surface area contributed by atoms with Crippen molar-refractivity contribution in [2.75, 3.05) is 26.2 Å². The Morgan fingerprint density at radius 3 is 2.20 bits per heavy atom. The lowest BCUT2D eigenvalue weighted by molar-refractivity contribution is 0.0671. The molecule has 1 aromatic carbocycles. The second-order valence-corrected chi connectivity index (χ2v) is 6.48. The van der Waals surface area contributed by atoms with Crippen molar-refractivity contribution >= 4 is 11.6 Å². The van der Waals surface area contributed by atoms with Crippen LogP contribution in [0.2, 0.25) is 0 Å². The number of para-hydroxylation sites is 1. The standard InChI is InChI=1S/C20H24N6O2.C2H6/c21-16(15-5-1-2-6-18(15)27)12-17(19(22)23)25-8-10-26(11-9-25)20(28)14-4-3-7-24-13-14;1-2/h1-7,12-13,27H,8-11,21-23H2;1-2H3/b16-12-;. The lowest BCUT2D eigenvalue weighted by Gasteiger charge is -2.37. The van der Waals surface area contributed by atoms with E-state index in [1.54, 1.807) is 59.8 Å². The van der Waals surface area contributed by atoms with Crippen LogP contribution >= 0.6 is 0 Å². The molecule has 1 aromatic heterocycles. The van der Waals surface area contributed by atoms with Gasteiger partial charge in [-0.15, -0.1) is 0 Å². The topological polar surface area (TPSA) is 135 Å². The summed E-state index contributed by atoms with van der Waals surface area (Å²) >= 11 is 0. The molecule has 1 saturated heterocycles. The maximum absolute atomic E-state index is 12.6. The van der Waals surface area contributed by atoms with E-state index >= 15 is 0 Å². The zero-order valence-corrected chi connectivity index (χ0v) is 17.5. The van der Waals surface area contributed by atoms with Crippen molar-refractivity contribution in [3.05, 3.63) is 77.5 Å². The van der Waals surface area contributed by atoms with Gasteiger partial charge in [0.1, 0.15) is 11.6 Å². The van der Waals surface area contributed by atoms with Gasteiger partial charge in [-0.1, -0.05) is 26.0 Å². The summed E-state index contributed by atoms with van der Waals surface area (Å²) in [6, 6.07) is 10.3. The smallest absolute Gasteiger partial charge is 0.255 e. The number of hydrogen-bond donors (Lipinski definition) is 4. The number of pyridine rings is 1. The van der Waals surface area contributed by atoms with Gasteiger partial charge in [-0.05, 0) is 30.3 Å². The van der Waals surface area contributed by atoms with Crippen molar-refractivity contribution < 1.29 is 9.90 Å². The molecule has 3 rings (SSSR count). The number of nitrogens with two attached hydrogens (primary N) is 3. The largest absolute Gasteiger partial charge is 0.507 e. The molecule has 8 heteroatoms. The fourth-order valence-electron chi connectivity index (χ4n) is 3.12. The molecule has 1 fully saturated rings. The first-order valence-corrected chi connectivity index (χ1v) is 9.92. The SMILES string of the molecule is CC.NC(N)=C(/C=C(\N)c1ccccc1O)N1CCN(C(=O)c2cccnc2)CC1. The van der Waals surface area contributed by atoms with Crippen molar-refractivity contribution in [1.29, 1.82) is 0 Å². The Labute approximate surface area is 177 Å². The molecule has 1 amide bonds. The number of piperazine rings is 1. The zero-order valence-electron chi connectivity index (χ0n) is 17.5. The minimum absolute atomic E-state index is 0.0525. The molecule has 7 N–H and O–H groups in total. The average molecular weight is 411 g/mol. The molecule has 0 aliphatic carbocycles. The summed E-state index contributed by atoms with van der Waals surface area (Å²) in [5, 5.41) is 9.98. The van der Waals surface area contributed by atoms with Gasteiger partial charge in [-0.3, -0.25) is 9.78 Å². The van der Waals surface area contributed by atoms with Gasteiger partial charge in [-0.25, -0.2) is 0 Å². The van der Waals surface area contributed by atoms with Crippen LogP contribution < -0.4 is 17.2 Å². The van der Waals surface area contributed by atoms with E-state index in [4.69, 9.17) is 17.2 Å². The van der Waals surface area contributed by atoms with Crippen LogP contribution in [-0.2, 0) is 0 Å². The van der Waals surface area contributed by atoms with Crippen LogP contribution in [-0.4, -0.2) is 52.0 Å². The summed E-state index contributed by atoms with van der Waals surface area (Å²) in [5.41, 5.74) is 19.9. The van der Waals surface area contributed by atoms with E-state index in [9.17, 15) is 9.90 Å². The molecule has 30 heavy (non-hydrogen) atoms. The first kappa shape index (κ1) is 22.6. The van der Waals surface area contributed by atoms with Crippen molar-refractivity contribution in [3.8, 4) is 5.75 Å². The summed E-state index contributed by atoms with van der Waals surface area (Å²) < 4.78 is 0. The van der Waals surface area contributed by atoms with E-state index in [1.165, 1.54) is 0 Å². The maximum Gasteiger partial charge on any atom is 0.255 e. The second kappa shape index (κ2) is 10.8. The fourth-order valence-corrected chi connectivity index (χ4v) is 3.12. The summed E-state index contributed by atoms with van der Waals surface area (Å²) in [4.78, 5) is 20.3. The highest BCUT2D eigenvalue weighted by molar-refractivity contribution is 5.93. The molecule has 0 spiro atoms. The first-order valence-electron chi connectivity index (χ1n) is 9.92. The third-order valence-electron chi connectivity index (χ3n) is 4.62. The average Bonchev–Trinajstić information content (AvgIpc) is 2.79. The highest BCUT2D eigenvalue weighted by Gasteiger charge is 2.24. The number of benzene rings is 1. The first-order chi connectivity index (χ1) is 14.5. The van der Waals surface area contributed by atoms with Gasteiger partial charge in [0.2, 0.25) is 0 Å². The maximum atomic E-state index is 12.6. The minimum Gasteiger partial charge on any atom is -0.507 e. The molecule has 2 heterocycles. The van der Waals surface area contributed by atoms with E-state index in [0.29, 0.717) is 48.7 Å². The summed E-state index contributed by atoms with van der Waals surface area (Å²) in [6.45, 7) is 6.16. The summed E-state index contributed by atoms with van der Waals surface area (Å²) in [5.74, 6) is 0.159. The Hall–Kier alpha value is -3.68. The highest BCUT2D eigenvalue weighted by atomic mass is 16.3. The summed E-state index contributed by atoms with van der Waals surface area (Å²) in [7, 11) is 0. The number of phenols is 1. The second-order valence-electron chi connectivity index (χ2n) is 6.48. The molecule has 160 valence electrons. The Kier molecular flexibility index (Phi) is 8.10. The lowest BCUT2D eigenvalue weighted by Crippen LogP contribution is -2.48. The lowest BCUT2D eigenvalue weighted by atomic mass is 10.1. The third-order valence-corrected chi connectivity index (χ3v) is 4.62. The third kappa shape index (κ3) is 5.44. The molecule has 2 aromatic rings. The van der Waals surface area contributed by atoms with Gasteiger partial charge in [-0.2, -0.15) is 0 Å². The van der Waals surface area contributed by atoms with E-state index in [2.05, 4.69) is 4.98 Å². The molecule has 0 unspecified atom stereocenters. The molecule has 1 aliphatic heterocycles. The molecule has 8 nitrogen and oxygen atoms in total. The number of carbonyl (C=O) groups is 1. The predicted molar refractivity (Wildman–Crippen MR) is 119 cm³/mol. The number of aromatic nitrogens is 1. The number of phenolic OH excluding ortho intramolecular Hbond substituents is 1. The fraction of sp³-hybridized carbons (Fsp3) is 0.273. The highest BCUT2D eigenvalue weighted by Crippen LogP contribution is 2.23. The van der Waals surface area contributed by atoms with E-state index in [-0.39, 0.29) is 17.5 Å². The van der Waals surface area contributed by atoms with Crippen molar-refractivity contribution in [2.24, 2.45) is 17.2 Å². The van der Waals surface area contributed by atoms with Crippen molar-refractivity contribution in [2.45, 2.75) is 13.8 Å². The number of nitrogens with zero attached hydrogens (tertiary/aromatic N) is 3. The van der Waals surface area contributed by atoms with Crippen LogP contribution in [0.25, 0.3) is 5.70 Å². The quantitative estimate of drug-likeness (QED) is 0.563. The van der Waals surface area contributed by atoms with E-state index in [1.807, 2.05) is 18.7 Å². The predicted octanol–water partition coefficient (Wildman–Crippen LogP) is 1.66. The van der Waals surface area contributed by atoms with E-state index in [0.717, 1.165) is 0 Å². The molecule has 0 bridgehead atoms. The Morgan fingerprint density at radius 1 is 1.00 bits per heavy atom. The normalized spacial score (nSPS) is 13.9. The molecule has 1 aliphatic rings. The Balaban J connectivity index is 0.00000155. The van der Waals surface area contributed by atoms with Crippen molar-refractivity contribution in [3.63, 3.8) is 0 Å². The van der Waals surface area contributed by atoms with Crippen LogP contribution in [0.3, 0.4) is 0 Å². The molecule has 0 saturated carbocycles. The Bertz CT molecular complexity index is 899. The van der Waals surface area contributed by atoms with Gasteiger partial charge in [0.15, 0.2) is 0 Å². The number of rotatable bonds is 4. The molecule has 0 radical (unpaired) electrons. The number of allylic oxidation sites excluding steroid dienone is 1.